The molecule has 1 unspecified atom stereocenters. The molecule has 0 aromatic carbocycles. The van der Waals surface area contributed by atoms with Gasteiger partial charge in [0, 0.05) is 22.8 Å². The van der Waals surface area contributed by atoms with Crippen LogP contribution in [0.25, 0.3) is 0 Å². The van der Waals surface area contributed by atoms with E-state index in [4.69, 9.17) is 0 Å². The van der Waals surface area contributed by atoms with Crippen molar-refractivity contribution in [3.05, 3.63) is 0 Å². The molecule has 1 fully saturated rings. The monoisotopic (exact) mass is 175 g/mol. The summed E-state index contributed by atoms with van der Waals surface area (Å²) in [6.45, 7) is 2.31. The van der Waals surface area contributed by atoms with E-state index >= 15 is 0 Å². The van der Waals surface area contributed by atoms with Crippen LogP contribution < -0.4 is 5.32 Å². The standard InChI is InChI=1S/C8H17NOS/c1-11(10)7-4-8-2-5-9-6-3-8/h8-9H,2-7H2,1H3. The second-order valence-electron chi connectivity index (χ2n) is 3.26. The topological polar surface area (TPSA) is 29.1 Å². The SMILES string of the molecule is CS(=O)CCC1CCNCC1. The lowest BCUT2D eigenvalue weighted by atomic mass is 9.96. The molecule has 3 heteroatoms. The van der Waals surface area contributed by atoms with Crippen molar-refractivity contribution >= 4 is 10.8 Å². The number of hydrogen-bond donors (Lipinski definition) is 1. The lowest BCUT2D eigenvalue weighted by Gasteiger charge is -2.21. The van der Waals surface area contributed by atoms with E-state index in [1.807, 2.05) is 0 Å². The first kappa shape index (κ1) is 9.20. The molecule has 1 saturated heterocycles. The van der Waals surface area contributed by atoms with Crippen molar-refractivity contribution in [2.24, 2.45) is 5.92 Å². The highest BCUT2D eigenvalue weighted by atomic mass is 32.2. The molecule has 1 aliphatic heterocycles. The quantitative estimate of drug-likeness (QED) is 0.686. The molecule has 11 heavy (non-hydrogen) atoms. The minimum absolute atomic E-state index is 0.588. The molecule has 2 nitrogen and oxygen atoms in total. The number of hydrogen-bond acceptors (Lipinski definition) is 2. The van der Waals surface area contributed by atoms with Crippen molar-refractivity contribution < 1.29 is 4.21 Å². The van der Waals surface area contributed by atoms with Gasteiger partial charge in [-0.2, -0.15) is 0 Å². The van der Waals surface area contributed by atoms with Crippen LogP contribution in [0.1, 0.15) is 19.3 Å². The van der Waals surface area contributed by atoms with Crippen LogP contribution in [0.3, 0.4) is 0 Å². The van der Waals surface area contributed by atoms with Crippen LogP contribution >= 0.6 is 0 Å². The molecule has 0 radical (unpaired) electrons. The highest BCUT2D eigenvalue weighted by Crippen LogP contribution is 2.15. The van der Waals surface area contributed by atoms with Gasteiger partial charge in [0.2, 0.25) is 0 Å². The fourth-order valence-corrected chi connectivity index (χ4v) is 2.17. The van der Waals surface area contributed by atoms with Crippen molar-refractivity contribution in [2.75, 3.05) is 25.1 Å². The zero-order valence-electron chi connectivity index (χ0n) is 7.14. The van der Waals surface area contributed by atoms with E-state index in [9.17, 15) is 4.21 Å². The fraction of sp³-hybridized carbons (Fsp3) is 1.00. The third-order valence-electron chi connectivity index (χ3n) is 2.27. The highest BCUT2D eigenvalue weighted by Gasteiger charge is 2.12. The number of rotatable bonds is 3. The van der Waals surface area contributed by atoms with Crippen LogP contribution in [0.2, 0.25) is 0 Å². The van der Waals surface area contributed by atoms with Gasteiger partial charge in [-0.3, -0.25) is 4.21 Å². The van der Waals surface area contributed by atoms with E-state index in [0.717, 1.165) is 31.2 Å². The van der Waals surface area contributed by atoms with Crippen LogP contribution in [-0.4, -0.2) is 29.3 Å². The Kier molecular flexibility index (Phi) is 4.08. The molecule has 0 spiro atoms. The molecule has 1 heterocycles. The normalized spacial score (nSPS) is 23.4. The Morgan fingerprint density at radius 2 is 2.09 bits per heavy atom. The van der Waals surface area contributed by atoms with Gasteiger partial charge in [0.1, 0.15) is 0 Å². The van der Waals surface area contributed by atoms with Gasteiger partial charge in [0.05, 0.1) is 0 Å². The maximum Gasteiger partial charge on any atom is 0.0234 e. The first-order valence-corrected chi connectivity index (χ1v) is 6.02. The van der Waals surface area contributed by atoms with E-state index in [2.05, 4.69) is 5.32 Å². The molecular formula is C8H17NOS. The summed E-state index contributed by atoms with van der Waals surface area (Å²) in [6.07, 6.45) is 5.50. The van der Waals surface area contributed by atoms with E-state index < -0.39 is 10.8 Å². The molecule has 1 N–H and O–H groups in total. The summed E-state index contributed by atoms with van der Waals surface area (Å²) in [5.74, 6) is 1.73. The Bertz CT molecular complexity index is 132. The maximum atomic E-state index is 10.8. The van der Waals surface area contributed by atoms with Crippen molar-refractivity contribution in [3.63, 3.8) is 0 Å². The van der Waals surface area contributed by atoms with Crippen molar-refractivity contribution in [2.45, 2.75) is 19.3 Å². The van der Waals surface area contributed by atoms with Gasteiger partial charge in [-0.1, -0.05) is 0 Å². The fourth-order valence-electron chi connectivity index (χ4n) is 1.50. The molecule has 1 rings (SSSR count). The molecule has 0 aromatic rings. The van der Waals surface area contributed by atoms with Gasteiger partial charge in [0.25, 0.3) is 0 Å². The van der Waals surface area contributed by atoms with Crippen molar-refractivity contribution in [1.29, 1.82) is 0 Å². The molecule has 0 bridgehead atoms. The number of piperidine rings is 1. The second-order valence-corrected chi connectivity index (χ2v) is 4.81. The van der Waals surface area contributed by atoms with Gasteiger partial charge < -0.3 is 5.32 Å². The molecule has 1 aliphatic rings. The van der Waals surface area contributed by atoms with Crippen LogP contribution in [0.5, 0.6) is 0 Å². The van der Waals surface area contributed by atoms with Crippen LogP contribution in [0, 0.1) is 5.92 Å². The Morgan fingerprint density at radius 3 is 2.64 bits per heavy atom. The molecule has 0 aliphatic carbocycles. The summed E-state index contributed by atoms with van der Waals surface area (Å²) in [5, 5.41) is 3.33. The summed E-state index contributed by atoms with van der Waals surface area (Å²) in [7, 11) is -0.588. The zero-order chi connectivity index (χ0) is 8.10. The molecule has 0 saturated carbocycles. The predicted molar refractivity (Wildman–Crippen MR) is 49.1 cm³/mol. The summed E-state index contributed by atoms with van der Waals surface area (Å²) in [5.41, 5.74) is 0. The summed E-state index contributed by atoms with van der Waals surface area (Å²) in [4.78, 5) is 0. The van der Waals surface area contributed by atoms with Crippen LogP contribution in [0.4, 0.5) is 0 Å². The van der Waals surface area contributed by atoms with Crippen LogP contribution in [0.15, 0.2) is 0 Å². The summed E-state index contributed by atoms with van der Waals surface area (Å²) >= 11 is 0. The van der Waals surface area contributed by atoms with Gasteiger partial charge >= 0.3 is 0 Å². The molecule has 66 valence electrons. The molecule has 0 amide bonds. The third-order valence-corrected chi connectivity index (χ3v) is 3.08. The van der Waals surface area contributed by atoms with E-state index in [0.29, 0.717) is 0 Å². The largest absolute Gasteiger partial charge is 0.317 e. The first-order chi connectivity index (χ1) is 5.29. The molecule has 1 atom stereocenters. The predicted octanol–water partition coefficient (Wildman–Crippen LogP) is 0.755. The third kappa shape index (κ3) is 3.87. The van der Waals surface area contributed by atoms with Gasteiger partial charge in [-0.05, 0) is 38.3 Å². The average Bonchev–Trinajstić information content (AvgIpc) is 2.03. The Balaban J connectivity index is 2.09. The number of nitrogens with one attached hydrogen (secondary N) is 1. The molecular weight excluding hydrogens is 158 g/mol. The van der Waals surface area contributed by atoms with Crippen LogP contribution in [-0.2, 0) is 10.8 Å². The second kappa shape index (κ2) is 4.88. The Hall–Kier alpha value is 0.110. The van der Waals surface area contributed by atoms with Crippen molar-refractivity contribution in [1.82, 2.24) is 5.32 Å². The summed E-state index contributed by atoms with van der Waals surface area (Å²) < 4.78 is 10.8. The minimum atomic E-state index is -0.588. The molecule has 0 aromatic heterocycles. The van der Waals surface area contributed by atoms with Gasteiger partial charge in [-0.25, -0.2) is 0 Å². The van der Waals surface area contributed by atoms with E-state index in [1.54, 1.807) is 6.26 Å². The average molecular weight is 175 g/mol. The lowest BCUT2D eigenvalue weighted by molar-refractivity contribution is 0.366. The highest BCUT2D eigenvalue weighted by molar-refractivity contribution is 7.84. The van der Waals surface area contributed by atoms with Gasteiger partial charge in [0.15, 0.2) is 0 Å². The maximum absolute atomic E-state index is 10.8. The van der Waals surface area contributed by atoms with Crippen molar-refractivity contribution in [3.8, 4) is 0 Å². The first-order valence-electron chi connectivity index (χ1n) is 4.30. The Morgan fingerprint density at radius 1 is 1.45 bits per heavy atom. The summed E-state index contributed by atoms with van der Waals surface area (Å²) in [6, 6.07) is 0. The Labute approximate surface area is 71.2 Å². The van der Waals surface area contributed by atoms with E-state index in [1.165, 1.54) is 12.8 Å². The smallest absolute Gasteiger partial charge is 0.0234 e. The van der Waals surface area contributed by atoms with E-state index in [-0.39, 0.29) is 0 Å². The lowest BCUT2D eigenvalue weighted by Crippen LogP contribution is -2.28. The zero-order valence-corrected chi connectivity index (χ0v) is 7.95. The van der Waals surface area contributed by atoms with Gasteiger partial charge in [-0.15, -0.1) is 0 Å². The minimum Gasteiger partial charge on any atom is -0.317 e.